The molecule has 11 heteroatoms. The number of nitrogens with one attached hydrogen (secondary N) is 1. The fourth-order valence-corrected chi connectivity index (χ4v) is 5.52. The first kappa shape index (κ1) is 25.3. The Labute approximate surface area is 218 Å². The molecule has 0 fully saturated rings. The second kappa shape index (κ2) is 9.84. The number of carbonyl (C=O) groups excluding carboxylic acids is 2. The first-order valence-electron chi connectivity index (χ1n) is 11.7. The Morgan fingerprint density at radius 2 is 1.79 bits per heavy atom. The number of amides is 2. The fourth-order valence-electron chi connectivity index (χ4n) is 4.53. The Morgan fingerprint density at radius 1 is 1.05 bits per heavy atom. The van der Waals surface area contributed by atoms with E-state index in [0.717, 1.165) is 5.56 Å². The number of aliphatic hydroxyl groups is 1. The number of carbonyl (C=O) groups is 2. The number of ether oxygens (including phenoxy) is 2. The van der Waals surface area contributed by atoms with E-state index in [-0.39, 0.29) is 30.4 Å². The van der Waals surface area contributed by atoms with Crippen molar-refractivity contribution < 1.29 is 32.6 Å². The predicted molar refractivity (Wildman–Crippen MR) is 138 cm³/mol. The van der Waals surface area contributed by atoms with E-state index >= 15 is 0 Å². The number of rotatable bonds is 8. The van der Waals surface area contributed by atoms with E-state index in [4.69, 9.17) is 15.2 Å². The number of nitrogens with two attached hydrogens (primary N) is 1. The lowest BCUT2D eigenvalue weighted by molar-refractivity contribution is -0.119. The van der Waals surface area contributed by atoms with Crippen molar-refractivity contribution in [1.82, 2.24) is 9.29 Å². The van der Waals surface area contributed by atoms with Gasteiger partial charge < -0.3 is 24.9 Å². The third kappa shape index (κ3) is 4.69. The molecule has 5 rings (SSSR count). The minimum atomic E-state index is -4.19. The summed E-state index contributed by atoms with van der Waals surface area (Å²) in [5.74, 6) is -1.57. The number of primary amides is 1. The standard InChI is InChI=1S/C27H25N3O7S/c1-16-2-6-19(7-3-16)38(34,35)29-27(33)25(17-5-9-23-24(13-17)37-15-36-23)21-14-30(10-11-31)22-12-18(26(28)32)4-8-20(21)22/h2-9,12-14,25,31H,10-11,15H2,1H3,(H2,28,32)(H,29,33). The second-order valence-corrected chi connectivity index (χ2v) is 10.6. The van der Waals surface area contributed by atoms with E-state index in [1.165, 1.54) is 18.2 Å². The number of fused-ring (bicyclic) bond motifs is 2. The van der Waals surface area contributed by atoms with Gasteiger partial charge in [-0.2, -0.15) is 0 Å². The minimum Gasteiger partial charge on any atom is -0.454 e. The Kier molecular flexibility index (Phi) is 6.55. The number of aromatic nitrogens is 1. The zero-order valence-electron chi connectivity index (χ0n) is 20.4. The normalized spacial score (nSPS) is 13.4. The molecule has 2 heterocycles. The molecule has 1 atom stereocenters. The third-order valence-electron chi connectivity index (χ3n) is 6.41. The van der Waals surface area contributed by atoms with E-state index in [9.17, 15) is 23.1 Å². The van der Waals surface area contributed by atoms with Crippen LogP contribution < -0.4 is 19.9 Å². The van der Waals surface area contributed by atoms with Crippen LogP contribution in [0.4, 0.5) is 0 Å². The van der Waals surface area contributed by atoms with Crippen molar-refractivity contribution in [3.05, 3.63) is 89.1 Å². The van der Waals surface area contributed by atoms with Crippen molar-refractivity contribution in [2.24, 2.45) is 5.73 Å². The minimum absolute atomic E-state index is 0.0309. The first-order chi connectivity index (χ1) is 18.2. The molecule has 196 valence electrons. The molecule has 0 radical (unpaired) electrons. The Hall–Kier alpha value is -4.35. The van der Waals surface area contributed by atoms with Crippen LogP contribution in [0.2, 0.25) is 0 Å². The van der Waals surface area contributed by atoms with Crippen LogP contribution in [-0.2, 0) is 21.4 Å². The van der Waals surface area contributed by atoms with Crippen molar-refractivity contribution in [1.29, 1.82) is 0 Å². The molecule has 1 unspecified atom stereocenters. The van der Waals surface area contributed by atoms with E-state index in [2.05, 4.69) is 4.72 Å². The van der Waals surface area contributed by atoms with E-state index in [1.807, 2.05) is 6.92 Å². The summed E-state index contributed by atoms with van der Waals surface area (Å²) < 4.78 is 41.1. The zero-order chi connectivity index (χ0) is 27.0. The average Bonchev–Trinajstić information content (AvgIpc) is 3.49. The van der Waals surface area contributed by atoms with Gasteiger partial charge in [0.15, 0.2) is 11.5 Å². The molecule has 10 nitrogen and oxygen atoms in total. The van der Waals surface area contributed by atoms with Crippen LogP contribution in [0.5, 0.6) is 11.5 Å². The van der Waals surface area contributed by atoms with E-state index < -0.39 is 27.8 Å². The highest BCUT2D eigenvalue weighted by Crippen LogP contribution is 2.39. The molecule has 0 saturated carbocycles. The second-order valence-electron chi connectivity index (χ2n) is 8.93. The van der Waals surface area contributed by atoms with Crippen molar-refractivity contribution in [3.63, 3.8) is 0 Å². The molecule has 4 N–H and O–H groups in total. The van der Waals surface area contributed by atoms with Crippen LogP contribution in [0, 0.1) is 6.92 Å². The van der Waals surface area contributed by atoms with Gasteiger partial charge in [-0.05, 0) is 54.4 Å². The number of aliphatic hydroxyl groups excluding tert-OH is 1. The monoisotopic (exact) mass is 535 g/mol. The summed E-state index contributed by atoms with van der Waals surface area (Å²) in [6, 6.07) is 15.9. The molecule has 0 bridgehead atoms. The Morgan fingerprint density at radius 3 is 2.50 bits per heavy atom. The number of sulfonamides is 1. The lowest BCUT2D eigenvalue weighted by Crippen LogP contribution is -2.35. The van der Waals surface area contributed by atoms with Crippen LogP contribution in [0.25, 0.3) is 10.9 Å². The summed E-state index contributed by atoms with van der Waals surface area (Å²) >= 11 is 0. The van der Waals surface area contributed by atoms with Crippen molar-refractivity contribution in [2.45, 2.75) is 24.3 Å². The van der Waals surface area contributed by atoms with Gasteiger partial charge in [0.2, 0.25) is 18.6 Å². The maximum absolute atomic E-state index is 13.8. The van der Waals surface area contributed by atoms with Gasteiger partial charge in [-0.15, -0.1) is 0 Å². The number of benzene rings is 3. The highest BCUT2D eigenvalue weighted by atomic mass is 32.2. The van der Waals surface area contributed by atoms with Gasteiger partial charge in [0, 0.05) is 29.2 Å². The number of aryl methyl sites for hydroxylation is 1. The first-order valence-corrected chi connectivity index (χ1v) is 13.2. The molecule has 0 aliphatic carbocycles. The van der Waals surface area contributed by atoms with Gasteiger partial charge in [-0.1, -0.05) is 29.8 Å². The van der Waals surface area contributed by atoms with E-state index in [0.29, 0.717) is 33.5 Å². The molecule has 1 aromatic heterocycles. The molecule has 0 spiro atoms. The predicted octanol–water partition coefficient (Wildman–Crippen LogP) is 2.41. The lowest BCUT2D eigenvalue weighted by atomic mass is 9.90. The van der Waals surface area contributed by atoms with Gasteiger partial charge >= 0.3 is 0 Å². The van der Waals surface area contributed by atoms with Gasteiger partial charge in [0.25, 0.3) is 10.0 Å². The number of hydrogen-bond donors (Lipinski definition) is 3. The van der Waals surface area contributed by atoms with Crippen LogP contribution in [0.1, 0.15) is 33.0 Å². The molecule has 1 aliphatic heterocycles. The van der Waals surface area contributed by atoms with Crippen LogP contribution in [0.15, 0.2) is 71.8 Å². The summed E-state index contributed by atoms with van der Waals surface area (Å²) in [6.07, 6.45) is 1.67. The summed E-state index contributed by atoms with van der Waals surface area (Å²) in [5, 5.41) is 10.2. The average molecular weight is 536 g/mol. The molecule has 4 aromatic rings. The smallest absolute Gasteiger partial charge is 0.264 e. The molecule has 0 saturated heterocycles. The van der Waals surface area contributed by atoms with Gasteiger partial charge in [-0.3, -0.25) is 9.59 Å². The highest BCUT2D eigenvalue weighted by Gasteiger charge is 2.31. The SMILES string of the molecule is Cc1ccc(S(=O)(=O)NC(=O)C(c2ccc3c(c2)OCO3)c2cn(CCO)c3cc(C(N)=O)ccc23)cc1. The van der Waals surface area contributed by atoms with Gasteiger partial charge in [0.1, 0.15) is 0 Å². The Bertz CT molecular complexity index is 1660. The van der Waals surface area contributed by atoms with Crippen molar-refractivity contribution in [3.8, 4) is 11.5 Å². The van der Waals surface area contributed by atoms with Crippen LogP contribution in [0.3, 0.4) is 0 Å². The van der Waals surface area contributed by atoms with Crippen molar-refractivity contribution in [2.75, 3.05) is 13.4 Å². The maximum Gasteiger partial charge on any atom is 0.264 e. The van der Waals surface area contributed by atoms with Gasteiger partial charge in [-0.25, -0.2) is 13.1 Å². The Balaban J connectivity index is 1.65. The van der Waals surface area contributed by atoms with Gasteiger partial charge in [0.05, 0.1) is 17.4 Å². The molecular weight excluding hydrogens is 510 g/mol. The zero-order valence-corrected chi connectivity index (χ0v) is 21.2. The lowest BCUT2D eigenvalue weighted by Gasteiger charge is -2.18. The van der Waals surface area contributed by atoms with Crippen LogP contribution in [-0.4, -0.2) is 43.3 Å². The summed E-state index contributed by atoms with van der Waals surface area (Å²) in [4.78, 5) is 25.6. The highest BCUT2D eigenvalue weighted by molar-refractivity contribution is 7.90. The molecule has 2 amide bonds. The van der Waals surface area contributed by atoms with Crippen LogP contribution >= 0.6 is 0 Å². The number of hydrogen-bond acceptors (Lipinski definition) is 7. The fraction of sp³-hybridized carbons (Fsp3) is 0.185. The molecular formula is C27H25N3O7S. The largest absolute Gasteiger partial charge is 0.454 e. The topological polar surface area (TPSA) is 150 Å². The number of nitrogens with zero attached hydrogens (tertiary/aromatic N) is 1. The summed E-state index contributed by atoms with van der Waals surface area (Å²) in [5.41, 5.74) is 8.10. The van der Waals surface area contributed by atoms with E-state index in [1.54, 1.807) is 53.2 Å². The molecule has 3 aromatic carbocycles. The molecule has 38 heavy (non-hydrogen) atoms. The maximum atomic E-state index is 13.8. The third-order valence-corrected chi connectivity index (χ3v) is 7.77. The summed E-state index contributed by atoms with van der Waals surface area (Å²) in [7, 11) is -4.19. The van der Waals surface area contributed by atoms with Crippen molar-refractivity contribution >= 4 is 32.7 Å². The molecule has 1 aliphatic rings. The quantitative estimate of drug-likeness (QED) is 0.314. The summed E-state index contributed by atoms with van der Waals surface area (Å²) in [6.45, 7) is 1.84.